The zero-order chi connectivity index (χ0) is 22.1. The van der Waals surface area contributed by atoms with Gasteiger partial charge >= 0.3 is 0 Å². The van der Waals surface area contributed by atoms with Crippen LogP contribution in [-0.2, 0) is 18.3 Å². The lowest BCUT2D eigenvalue weighted by Crippen LogP contribution is -2.49. The highest BCUT2D eigenvalue weighted by Crippen LogP contribution is 2.27. The van der Waals surface area contributed by atoms with E-state index < -0.39 is 0 Å². The van der Waals surface area contributed by atoms with Gasteiger partial charge in [0.15, 0.2) is 11.8 Å². The lowest BCUT2D eigenvalue weighted by molar-refractivity contribution is 0.105. The van der Waals surface area contributed by atoms with Crippen LogP contribution in [0.5, 0.6) is 0 Å². The first-order valence-electron chi connectivity index (χ1n) is 12.3. The number of aliphatic imine (C=N–C) groups is 1. The Morgan fingerprint density at radius 2 is 1.87 bits per heavy atom. The van der Waals surface area contributed by atoms with Crippen LogP contribution in [0.3, 0.4) is 0 Å². The van der Waals surface area contributed by atoms with Gasteiger partial charge in [0, 0.05) is 38.9 Å². The maximum Gasteiger partial charge on any atom is 0.191 e. The number of likely N-dealkylation sites (tertiary alicyclic amines) is 1. The maximum atomic E-state index is 5.46. The molecule has 1 aromatic rings. The van der Waals surface area contributed by atoms with Crippen molar-refractivity contribution in [2.24, 2.45) is 18.0 Å². The molecule has 0 atom stereocenters. The van der Waals surface area contributed by atoms with Crippen LogP contribution in [0.4, 0.5) is 0 Å². The molecule has 0 unspecified atom stereocenters. The van der Waals surface area contributed by atoms with Gasteiger partial charge in [-0.05, 0) is 77.8 Å². The van der Waals surface area contributed by atoms with E-state index in [1.54, 1.807) is 0 Å². The molecule has 0 spiro atoms. The molecule has 0 amide bonds. The molecule has 8 nitrogen and oxygen atoms in total. The number of hydrogen-bond donors (Lipinski definition) is 2. The minimum Gasteiger partial charge on any atom is -0.382 e. The topological polar surface area (TPSA) is 79.6 Å². The number of nitrogens with zero attached hydrogens (tertiary/aromatic N) is 5. The summed E-state index contributed by atoms with van der Waals surface area (Å²) in [5.41, 5.74) is 0. The van der Waals surface area contributed by atoms with Crippen molar-refractivity contribution in [3.63, 3.8) is 0 Å². The first-order chi connectivity index (χ1) is 15.1. The Balaban J connectivity index is 1.50. The minimum absolute atomic E-state index is 0.485. The van der Waals surface area contributed by atoms with Crippen molar-refractivity contribution in [2.75, 3.05) is 32.8 Å². The molecule has 0 radical (unpaired) electrons. The Labute approximate surface area is 188 Å². The third-order valence-corrected chi connectivity index (χ3v) is 6.90. The van der Waals surface area contributed by atoms with Crippen molar-refractivity contribution in [3.8, 4) is 0 Å². The second kappa shape index (κ2) is 12.4. The van der Waals surface area contributed by atoms with Crippen LogP contribution in [0.15, 0.2) is 4.99 Å². The average molecular weight is 434 g/mol. The first-order valence-corrected chi connectivity index (χ1v) is 12.3. The number of piperidine rings is 1. The molecule has 176 valence electrons. The summed E-state index contributed by atoms with van der Waals surface area (Å²) in [6.45, 7) is 11.9. The normalized spacial score (nSPS) is 23.8. The number of aryl methyl sites for hydroxylation is 1. The Hall–Kier alpha value is -1.67. The molecular weight excluding hydrogens is 390 g/mol. The van der Waals surface area contributed by atoms with Gasteiger partial charge in [-0.3, -0.25) is 0 Å². The van der Waals surface area contributed by atoms with Gasteiger partial charge in [-0.15, -0.1) is 10.2 Å². The van der Waals surface area contributed by atoms with E-state index in [1.165, 1.54) is 51.6 Å². The minimum atomic E-state index is 0.485. The third kappa shape index (κ3) is 7.45. The Morgan fingerprint density at radius 1 is 1.13 bits per heavy atom. The monoisotopic (exact) mass is 433 g/mol. The number of nitrogens with one attached hydrogen (secondary N) is 2. The quantitative estimate of drug-likeness (QED) is 0.354. The molecular formula is C23H43N7O. The predicted molar refractivity (Wildman–Crippen MR) is 125 cm³/mol. The molecule has 31 heavy (non-hydrogen) atoms. The van der Waals surface area contributed by atoms with Crippen LogP contribution < -0.4 is 10.6 Å². The fraction of sp³-hybridized carbons (Fsp3) is 0.870. The van der Waals surface area contributed by atoms with E-state index in [-0.39, 0.29) is 0 Å². The molecule has 1 saturated heterocycles. The van der Waals surface area contributed by atoms with E-state index in [0.717, 1.165) is 55.7 Å². The fourth-order valence-corrected chi connectivity index (χ4v) is 4.59. The van der Waals surface area contributed by atoms with E-state index in [1.807, 2.05) is 25.5 Å². The lowest BCUT2D eigenvalue weighted by Gasteiger charge is -2.40. The standard InChI is InChI=1S/C23H43N7O/c1-5-31-16-6-13-24-23(25-17-22-28-27-19(3)29(22)4)26-20-7-9-21(10-8-20)30-14-11-18(2)12-15-30/h18,20-21H,5-17H2,1-4H3,(H2,24,25,26). The largest absolute Gasteiger partial charge is 0.382 e. The van der Waals surface area contributed by atoms with E-state index in [2.05, 4.69) is 32.7 Å². The summed E-state index contributed by atoms with van der Waals surface area (Å²) in [6, 6.07) is 1.26. The van der Waals surface area contributed by atoms with E-state index >= 15 is 0 Å². The molecule has 3 rings (SSSR count). The molecule has 2 fully saturated rings. The fourth-order valence-electron chi connectivity index (χ4n) is 4.59. The second-order valence-corrected chi connectivity index (χ2v) is 9.23. The summed E-state index contributed by atoms with van der Waals surface area (Å²) >= 11 is 0. The molecule has 1 aliphatic heterocycles. The number of hydrogen-bond acceptors (Lipinski definition) is 5. The SMILES string of the molecule is CCOCCCNC(=NCc1nnc(C)n1C)NC1CCC(N2CCC(C)CC2)CC1. The molecule has 0 bridgehead atoms. The number of aromatic nitrogens is 3. The summed E-state index contributed by atoms with van der Waals surface area (Å²) in [4.78, 5) is 7.56. The highest BCUT2D eigenvalue weighted by atomic mass is 16.5. The average Bonchev–Trinajstić information content (AvgIpc) is 3.10. The van der Waals surface area contributed by atoms with E-state index in [9.17, 15) is 0 Å². The zero-order valence-electron chi connectivity index (χ0n) is 20.1. The predicted octanol–water partition coefficient (Wildman–Crippen LogP) is 2.63. The molecule has 2 heterocycles. The molecule has 8 heteroatoms. The van der Waals surface area contributed by atoms with Crippen molar-refractivity contribution >= 4 is 5.96 Å². The molecule has 1 aromatic heterocycles. The van der Waals surface area contributed by atoms with Gasteiger partial charge < -0.3 is 24.8 Å². The van der Waals surface area contributed by atoms with Crippen LogP contribution >= 0.6 is 0 Å². The van der Waals surface area contributed by atoms with Crippen LogP contribution in [0.2, 0.25) is 0 Å². The Bertz CT molecular complexity index is 673. The van der Waals surface area contributed by atoms with Crippen molar-refractivity contribution in [2.45, 2.75) is 84.3 Å². The lowest BCUT2D eigenvalue weighted by atomic mass is 9.88. The van der Waals surface area contributed by atoms with Crippen molar-refractivity contribution in [1.82, 2.24) is 30.3 Å². The van der Waals surface area contributed by atoms with Gasteiger partial charge in [0.05, 0.1) is 0 Å². The van der Waals surface area contributed by atoms with Crippen LogP contribution in [0.1, 0.15) is 70.4 Å². The van der Waals surface area contributed by atoms with Crippen LogP contribution in [0.25, 0.3) is 0 Å². The molecule has 1 aliphatic carbocycles. The van der Waals surface area contributed by atoms with E-state index in [0.29, 0.717) is 12.6 Å². The number of ether oxygens (including phenoxy) is 1. The van der Waals surface area contributed by atoms with Gasteiger partial charge in [-0.2, -0.15) is 0 Å². The Kier molecular flexibility index (Phi) is 9.58. The van der Waals surface area contributed by atoms with Crippen molar-refractivity contribution < 1.29 is 4.74 Å². The Morgan fingerprint density at radius 3 is 2.52 bits per heavy atom. The van der Waals surface area contributed by atoms with Crippen LogP contribution in [-0.4, -0.2) is 70.6 Å². The highest BCUT2D eigenvalue weighted by molar-refractivity contribution is 5.80. The van der Waals surface area contributed by atoms with Gasteiger partial charge in [0.1, 0.15) is 12.4 Å². The molecule has 2 aliphatic rings. The van der Waals surface area contributed by atoms with Crippen molar-refractivity contribution in [3.05, 3.63) is 11.6 Å². The molecule has 0 aromatic carbocycles. The van der Waals surface area contributed by atoms with Crippen LogP contribution in [0, 0.1) is 12.8 Å². The summed E-state index contributed by atoms with van der Waals surface area (Å²) < 4.78 is 7.46. The van der Waals surface area contributed by atoms with Gasteiger partial charge in [-0.1, -0.05) is 6.92 Å². The highest BCUT2D eigenvalue weighted by Gasteiger charge is 2.28. The van der Waals surface area contributed by atoms with Gasteiger partial charge in [0.2, 0.25) is 0 Å². The molecule has 1 saturated carbocycles. The summed E-state index contributed by atoms with van der Waals surface area (Å²) in [5, 5.41) is 15.6. The maximum absolute atomic E-state index is 5.46. The molecule has 2 N–H and O–H groups in total. The summed E-state index contributed by atoms with van der Waals surface area (Å²) in [7, 11) is 1.99. The van der Waals surface area contributed by atoms with Gasteiger partial charge in [0.25, 0.3) is 0 Å². The van der Waals surface area contributed by atoms with E-state index in [4.69, 9.17) is 9.73 Å². The number of rotatable bonds is 9. The third-order valence-electron chi connectivity index (χ3n) is 6.90. The summed E-state index contributed by atoms with van der Waals surface area (Å²) in [6.07, 6.45) is 8.68. The van der Waals surface area contributed by atoms with Crippen molar-refractivity contribution in [1.29, 1.82) is 0 Å². The second-order valence-electron chi connectivity index (χ2n) is 9.23. The first kappa shape index (κ1) is 24.0. The smallest absolute Gasteiger partial charge is 0.191 e. The summed E-state index contributed by atoms with van der Waals surface area (Å²) in [5.74, 6) is 3.58. The zero-order valence-corrected chi connectivity index (χ0v) is 20.1. The van der Waals surface area contributed by atoms with Gasteiger partial charge in [-0.25, -0.2) is 4.99 Å². The number of guanidine groups is 1.